The van der Waals surface area contributed by atoms with Crippen LogP contribution in [0.25, 0.3) is 21.9 Å². The molecule has 132 valence electrons. The molecule has 0 N–H and O–H groups in total. The molecule has 1 fully saturated rings. The van der Waals surface area contributed by atoms with Crippen LogP contribution < -0.4 is 0 Å². The van der Waals surface area contributed by atoms with E-state index in [0.717, 1.165) is 18.2 Å². The molecule has 26 heavy (non-hydrogen) atoms. The highest BCUT2D eigenvalue weighted by atomic mass is 19.1. The Kier molecular flexibility index (Phi) is 4.58. The van der Waals surface area contributed by atoms with Gasteiger partial charge in [0.15, 0.2) is 0 Å². The summed E-state index contributed by atoms with van der Waals surface area (Å²) >= 11 is 0. The largest absolute Gasteiger partial charge is 0.207 e. The van der Waals surface area contributed by atoms with Crippen LogP contribution in [0.3, 0.4) is 0 Å². The molecule has 0 aromatic heterocycles. The van der Waals surface area contributed by atoms with E-state index < -0.39 is 0 Å². The first-order valence-electron chi connectivity index (χ1n) is 9.26. The molecule has 0 radical (unpaired) electrons. The minimum atomic E-state index is -0.354. The van der Waals surface area contributed by atoms with Crippen LogP contribution in [0.15, 0.2) is 67.3 Å². The Labute approximate surface area is 153 Å². The van der Waals surface area contributed by atoms with E-state index in [-0.39, 0.29) is 11.6 Å². The topological polar surface area (TPSA) is 0 Å². The van der Waals surface area contributed by atoms with Crippen molar-refractivity contribution in [3.05, 3.63) is 84.5 Å². The van der Waals surface area contributed by atoms with Gasteiger partial charge in [-0.15, -0.1) is 6.58 Å². The molecule has 1 aliphatic rings. The maximum absolute atomic E-state index is 15.0. The molecule has 0 unspecified atom stereocenters. The normalized spacial score (nSPS) is 20.2. The van der Waals surface area contributed by atoms with Crippen molar-refractivity contribution in [1.29, 1.82) is 0 Å². The molecule has 4 rings (SSSR count). The van der Waals surface area contributed by atoms with Gasteiger partial charge in [0.1, 0.15) is 11.6 Å². The summed E-state index contributed by atoms with van der Waals surface area (Å²) in [5.41, 5.74) is 2.30. The molecule has 0 atom stereocenters. The van der Waals surface area contributed by atoms with Gasteiger partial charge in [0.05, 0.1) is 0 Å². The van der Waals surface area contributed by atoms with E-state index >= 15 is 4.39 Å². The SMILES string of the molecule is C=CC1CCC(c2ccc3c(F)c(-c4cccc(F)c4)ccc3c2)CC1. The molecular formula is C24H22F2. The van der Waals surface area contributed by atoms with Crippen LogP contribution in [0.1, 0.15) is 37.2 Å². The predicted molar refractivity (Wildman–Crippen MR) is 104 cm³/mol. The minimum absolute atomic E-state index is 0.282. The molecule has 0 nitrogen and oxygen atoms in total. The lowest BCUT2D eigenvalue weighted by Crippen LogP contribution is -2.11. The summed E-state index contributed by atoms with van der Waals surface area (Å²) < 4.78 is 28.5. The molecule has 0 aliphatic heterocycles. The van der Waals surface area contributed by atoms with Crippen LogP contribution in [0.4, 0.5) is 8.78 Å². The molecule has 0 bridgehead atoms. The molecular weight excluding hydrogens is 326 g/mol. The number of fused-ring (bicyclic) bond motifs is 1. The maximum atomic E-state index is 15.0. The number of benzene rings is 3. The second kappa shape index (κ2) is 7.03. The molecule has 0 spiro atoms. The summed E-state index contributed by atoms with van der Waals surface area (Å²) in [5, 5.41) is 1.50. The van der Waals surface area contributed by atoms with Gasteiger partial charge in [-0.2, -0.15) is 0 Å². The van der Waals surface area contributed by atoms with Crippen molar-refractivity contribution in [3.63, 3.8) is 0 Å². The van der Waals surface area contributed by atoms with Crippen LogP contribution in [0, 0.1) is 17.6 Å². The van der Waals surface area contributed by atoms with Crippen molar-refractivity contribution in [2.75, 3.05) is 0 Å². The van der Waals surface area contributed by atoms with E-state index in [4.69, 9.17) is 0 Å². The van der Waals surface area contributed by atoms with Gasteiger partial charge in [-0.05, 0) is 66.2 Å². The average Bonchev–Trinajstić information content (AvgIpc) is 2.68. The van der Waals surface area contributed by atoms with E-state index in [2.05, 4.69) is 24.8 Å². The number of rotatable bonds is 3. The monoisotopic (exact) mass is 348 g/mol. The third-order valence-electron chi connectivity index (χ3n) is 5.69. The zero-order chi connectivity index (χ0) is 18.1. The number of hydrogen-bond donors (Lipinski definition) is 0. The Morgan fingerprint density at radius 1 is 0.885 bits per heavy atom. The highest BCUT2D eigenvalue weighted by Crippen LogP contribution is 2.38. The first-order valence-corrected chi connectivity index (χ1v) is 9.26. The van der Waals surface area contributed by atoms with Gasteiger partial charge >= 0.3 is 0 Å². The minimum Gasteiger partial charge on any atom is -0.207 e. The van der Waals surface area contributed by atoms with Crippen molar-refractivity contribution in [2.45, 2.75) is 31.6 Å². The number of halogens is 2. The first-order chi connectivity index (χ1) is 12.7. The van der Waals surface area contributed by atoms with E-state index in [0.29, 0.717) is 28.3 Å². The van der Waals surface area contributed by atoms with E-state index in [9.17, 15) is 4.39 Å². The lowest BCUT2D eigenvalue weighted by Gasteiger charge is -2.27. The predicted octanol–water partition coefficient (Wildman–Crippen LogP) is 7.24. The van der Waals surface area contributed by atoms with Crippen LogP contribution in [-0.2, 0) is 0 Å². The van der Waals surface area contributed by atoms with Gasteiger partial charge in [-0.3, -0.25) is 0 Å². The van der Waals surface area contributed by atoms with E-state index in [1.165, 1.54) is 30.5 Å². The molecule has 0 amide bonds. The fourth-order valence-electron chi connectivity index (χ4n) is 4.13. The Bertz CT molecular complexity index is 950. The number of allylic oxidation sites excluding steroid dienone is 1. The smallest absolute Gasteiger partial charge is 0.138 e. The quantitative estimate of drug-likeness (QED) is 0.437. The standard InChI is InChI=1S/C24H22F2/c1-2-16-6-8-17(9-7-16)18-10-12-23-20(14-18)11-13-22(24(23)26)19-4-3-5-21(25)15-19/h2-5,10-17H,1,6-9H2. The van der Waals surface area contributed by atoms with E-state index in [1.807, 2.05) is 12.1 Å². The molecule has 0 heterocycles. The van der Waals surface area contributed by atoms with Crippen molar-refractivity contribution in [3.8, 4) is 11.1 Å². The van der Waals surface area contributed by atoms with Gasteiger partial charge in [0.25, 0.3) is 0 Å². The van der Waals surface area contributed by atoms with Crippen LogP contribution in [0.2, 0.25) is 0 Å². The molecule has 2 heteroatoms. The van der Waals surface area contributed by atoms with Crippen molar-refractivity contribution < 1.29 is 8.78 Å². The Balaban J connectivity index is 1.68. The van der Waals surface area contributed by atoms with Gasteiger partial charge in [0, 0.05) is 10.9 Å². The Morgan fingerprint density at radius 2 is 1.69 bits per heavy atom. The fraction of sp³-hybridized carbons (Fsp3) is 0.250. The second-order valence-corrected chi connectivity index (χ2v) is 7.27. The van der Waals surface area contributed by atoms with E-state index in [1.54, 1.807) is 18.2 Å². The lowest BCUT2D eigenvalue weighted by atomic mass is 9.78. The fourth-order valence-corrected chi connectivity index (χ4v) is 4.13. The van der Waals surface area contributed by atoms with Crippen molar-refractivity contribution >= 4 is 10.8 Å². The average molecular weight is 348 g/mol. The van der Waals surface area contributed by atoms with Crippen molar-refractivity contribution in [1.82, 2.24) is 0 Å². The molecule has 0 saturated heterocycles. The Hall–Kier alpha value is -2.48. The van der Waals surface area contributed by atoms with Gasteiger partial charge in [-0.1, -0.05) is 48.5 Å². The summed E-state index contributed by atoms with van der Waals surface area (Å²) in [6.07, 6.45) is 6.75. The first kappa shape index (κ1) is 17.0. The highest BCUT2D eigenvalue weighted by Gasteiger charge is 2.21. The van der Waals surface area contributed by atoms with Crippen LogP contribution in [0.5, 0.6) is 0 Å². The molecule has 3 aromatic carbocycles. The van der Waals surface area contributed by atoms with Crippen LogP contribution in [-0.4, -0.2) is 0 Å². The highest BCUT2D eigenvalue weighted by molar-refractivity contribution is 5.88. The zero-order valence-corrected chi connectivity index (χ0v) is 14.7. The zero-order valence-electron chi connectivity index (χ0n) is 14.7. The second-order valence-electron chi connectivity index (χ2n) is 7.27. The summed E-state index contributed by atoms with van der Waals surface area (Å²) in [6.45, 7) is 3.91. The van der Waals surface area contributed by atoms with Gasteiger partial charge in [-0.25, -0.2) is 8.78 Å². The van der Waals surface area contributed by atoms with Crippen molar-refractivity contribution in [2.24, 2.45) is 5.92 Å². The number of hydrogen-bond acceptors (Lipinski definition) is 0. The molecule has 1 saturated carbocycles. The van der Waals surface area contributed by atoms with Gasteiger partial charge < -0.3 is 0 Å². The lowest BCUT2D eigenvalue weighted by molar-refractivity contribution is 0.376. The summed E-state index contributed by atoms with van der Waals surface area (Å²) in [5.74, 6) is 0.544. The van der Waals surface area contributed by atoms with Gasteiger partial charge in [0.2, 0.25) is 0 Å². The summed E-state index contributed by atoms with van der Waals surface area (Å²) in [6, 6.07) is 15.8. The van der Waals surface area contributed by atoms with Crippen LogP contribution >= 0.6 is 0 Å². The summed E-state index contributed by atoms with van der Waals surface area (Å²) in [7, 11) is 0. The third-order valence-corrected chi connectivity index (χ3v) is 5.69. The summed E-state index contributed by atoms with van der Waals surface area (Å²) in [4.78, 5) is 0. The molecule has 1 aliphatic carbocycles. The Morgan fingerprint density at radius 3 is 2.42 bits per heavy atom. The molecule has 3 aromatic rings. The third kappa shape index (κ3) is 3.16. The maximum Gasteiger partial charge on any atom is 0.138 e.